The number of nitrogens with zero attached hydrogens (tertiary/aromatic N) is 1. The minimum atomic E-state index is -0.720. The molecule has 8 heteroatoms. The molecule has 39 heavy (non-hydrogen) atoms. The fraction of sp³-hybridized carbons (Fsp3) is 0.194. The zero-order valence-electron chi connectivity index (χ0n) is 22.2. The van der Waals surface area contributed by atoms with Crippen molar-refractivity contribution >= 4 is 24.1 Å². The fourth-order valence-electron chi connectivity index (χ4n) is 3.51. The van der Waals surface area contributed by atoms with E-state index in [1.807, 2.05) is 37.3 Å². The van der Waals surface area contributed by atoms with Crippen molar-refractivity contribution in [3.63, 3.8) is 0 Å². The SMILES string of the molecule is CCOC(=O)/C(C#N)=C/c1ccc(OC(=O)/C=C/c2ccc(OCc3ccccc3C)c(OC)c2)c(OC)c1. The maximum absolute atomic E-state index is 12.5. The van der Waals surface area contributed by atoms with Crippen molar-refractivity contribution in [2.24, 2.45) is 0 Å². The number of ether oxygens (including phenoxy) is 5. The van der Waals surface area contributed by atoms with Crippen LogP contribution in [0.3, 0.4) is 0 Å². The summed E-state index contributed by atoms with van der Waals surface area (Å²) in [5.41, 5.74) is 3.27. The Morgan fingerprint density at radius 3 is 2.26 bits per heavy atom. The summed E-state index contributed by atoms with van der Waals surface area (Å²) in [6.07, 6.45) is 4.25. The van der Waals surface area contributed by atoms with E-state index in [9.17, 15) is 14.9 Å². The van der Waals surface area contributed by atoms with Crippen LogP contribution in [0.25, 0.3) is 12.2 Å². The summed E-state index contributed by atoms with van der Waals surface area (Å²) in [5.74, 6) is 0.201. The predicted molar refractivity (Wildman–Crippen MR) is 146 cm³/mol. The molecular weight excluding hydrogens is 498 g/mol. The first-order chi connectivity index (χ1) is 18.9. The molecule has 0 radical (unpaired) electrons. The van der Waals surface area contributed by atoms with Crippen molar-refractivity contribution in [2.75, 3.05) is 20.8 Å². The van der Waals surface area contributed by atoms with Crippen molar-refractivity contribution < 1.29 is 33.3 Å². The highest BCUT2D eigenvalue weighted by molar-refractivity contribution is 5.98. The summed E-state index contributed by atoms with van der Waals surface area (Å²) in [6, 6.07) is 19.8. The lowest BCUT2D eigenvalue weighted by molar-refractivity contribution is -0.138. The third-order valence-electron chi connectivity index (χ3n) is 5.57. The highest BCUT2D eigenvalue weighted by Gasteiger charge is 2.13. The third kappa shape index (κ3) is 7.98. The van der Waals surface area contributed by atoms with Crippen molar-refractivity contribution in [2.45, 2.75) is 20.5 Å². The van der Waals surface area contributed by atoms with Gasteiger partial charge >= 0.3 is 11.9 Å². The van der Waals surface area contributed by atoms with Crippen molar-refractivity contribution in [3.05, 3.63) is 94.6 Å². The molecule has 0 atom stereocenters. The molecule has 8 nitrogen and oxygen atoms in total. The molecule has 3 aromatic carbocycles. The number of rotatable bonds is 11. The van der Waals surface area contributed by atoms with Crippen LogP contribution in [0.5, 0.6) is 23.0 Å². The normalized spacial score (nSPS) is 11.0. The molecule has 0 aliphatic carbocycles. The molecule has 0 heterocycles. The number of nitriles is 1. The predicted octanol–water partition coefficient (Wildman–Crippen LogP) is 5.68. The summed E-state index contributed by atoms with van der Waals surface area (Å²) in [5, 5.41) is 9.23. The second-order valence-electron chi connectivity index (χ2n) is 8.18. The first kappa shape index (κ1) is 28.5. The number of hydrogen-bond donors (Lipinski definition) is 0. The Labute approximate surface area is 227 Å². The van der Waals surface area contributed by atoms with E-state index in [0.29, 0.717) is 29.2 Å². The van der Waals surface area contributed by atoms with Crippen LogP contribution in [0.4, 0.5) is 0 Å². The lowest BCUT2D eigenvalue weighted by Crippen LogP contribution is -2.06. The van der Waals surface area contributed by atoms with Crippen LogP contribution in [-0.2, 0) is 20.9 Å². The maximum atomic E-state index is 12.5. The quantitative estimate of drug-likeness (QED) is 0.136. The molecule has 0 aromatic heterocycles. The smallest absolute Gasteiger partial charge is 0.348 e. The van der Waals surface area contributed by atoms with Gasteiger partial charge in [0.1, 0.15) is 18.2 Å². The zero-order valence-corrected chi connectivity index (χ0v) is 22.2. The summed E-state index contributed by atoms with van der Waals surface area (Å²) in [7, 11) is 2.97. The standard InChI is InChI=1S/C31H29NO7/c1-5-37-31(34)25(19-32)16-23-11-14-27(29(18-23)36-4)39-30(33)15-12-22-10-13-26(28(17-22)35-3)38-20-24-9-7-6-8-21(24)2/h6-18H,5,20H2,1-4H3/b15-12+,25-16+. The Hall–Kier alpha value is -5.03. The number of aryl methyl sites for hydroxylation is 1. The van der Waals surface area contributed by atoms with E-state index in [4.69, 9.17) is 23.7 Å². The number of carbonyl (C=O) groups is 2. The molecule has 0 aliphatic heterocycles. The maximum Gasteiger partial charge on any atom is 0.348 e. The van der Waals surface area contributed by atoms with Crippen LogP contribution in [0.15, 0.2) is 72.3 Å². The lowest BCUT2D eigenvalue weighted by atomic mass is 10.1. The highest BCUT2D eigenvalue weighted by Crippen LogP contribution is 2.31. The molecule has 0 bridgehead atoms. The molecule has 0 unspecified atom stereocenters. The molecule has 0 saturated carbocycles. The van der Waals surface area contributed by atoms with Crippen molar-refractivity contribution in [3.8, 4) is 29.1 Å². The van der Waals surface area contributed by atoms with Gasteiger partial charge in [0.05, 0.1) is 20.8 Å². The first-order valence-corrected chi connectivity index (χ1v) is 12.1. The van der Waals surface area contributed by atoms with Gasteiger partial charge < -0.3 is 23.7 Å². The zero-order chi connectivity index (χ0) is 28.2. The van der Waals surface area contributed by atoms with Gasteiger partial charge in [-0.1, -0.05) is 36.4 Å². The van der Waals surface area contributed by atoms with Gasteiger partial charge in [-0.3, -0.25) is 0 Å². The molecule has 0 aliphatic rings. The Balaban J connectivity index is 1.68. The Morgan fingerprint density at radius 2 is 1.56 bits per heavy atom. The molecule has 0 spiro atoms. The average Bonchev–Trinajstić information content (AvgIpc) is 2.95. The van der Waals surface area contributed by atoms with Gasteiger partial charge in [0.15, 0.2) is 23.0 Å². The van der Waals surface area contributed by atoms with E-state index in [1.54, 1.807) is 50.4 Å². The van der Waals surface area contributed by atoms with E-state index in [2.05, 4.69) is 0 Å². The van der Waals surface area contributed by atoms with Gasteiger partial charge in [0, 0.05) is 6.08 Å². The van der Waals surface area contributed by atoms with E-state index in [0.717, 1.165) is 11.1 Å². The molecule has 0 fully saturated rings. The van der Waals surface area contributed by atoms with E-state index < -0.39 is 11.9 Å². The number of methoxy groups -OCH3 is 2. The molecule has 3 rings (SSSR count). The molecule has 0 amide bonds. The molecule has 3 aromatic rings. The Morgan fingerprint density at radius 1 is 0.897 bits per heavy atom. The van der Waals surface area contributed by atoms with E-state index >= 15 is 0 Å². The topological polar surface area (TPSA) is 104 Å². The van der Waals surface area contributed by atoms with E-state index in [1.165, 1.54) is 25.3 Å². The average molecular weight is 528 g/mol. The molecule has 0 saturated heterocycles. The number of carbonyl (C=O) groups excluding carboxylic acids is 2. The third-order valence-corrected chi connectivity index (χ3v) is 5.57. The lowest BCUT2D eigenvalue weighted by Gasteiger charge is -2.12. The van der Waals surface area contributed by atoms with Crippen LogP contribution >= 0.6 is 0 Å². The second kappa shape index (κ2) is 14.1. The van der Waals surface area contributed by atoms with Gasteiger partial charge in [-0.15, -0.1) is 0 Å². The summed E-state index contributed by atoms with van der Waals surface area (Å²) < 4.78 is 27.0. The molecular formula is C31H29NO7. The van der Waals surface area contributed by atoms with Crippen molar-refractivity contribution in [1.82, 2.24) is 0 Å². The van der Waals surface area contributed by atoms with Crippen LogP contribution in [0.1, 0.15) is 29.2 Å². The van der Waals surface area contributed by atoms with Gasteiger partial charge in [-0.25, -0.2) is 9.59 Å². The number of benzene rings is 3. The first-order valence-electron chi connectivity index (χ1n) is 12.1. The van der Waals surface area contributed by atoms with Crippen LogP contribution in [0, 0.1) is 18.3 Å². The number of esters is 2. The largest absolute Gasteiger partial charge is 0.493 e. The van der Waals surface area contributed by atoms with Gasteiger partial charge in [0.25, 0.3) is 0 Å². The minimum absolute atomic E-state index is 0.155. The van der Waals surface area contributed by atoms with Crippen molar-refractivity contribution in [1.29, 1.82) is 5.26 Å². The minimum Gasteiger partial charge on any atom is -0.493 e. The van der Waals surface area contributed by atoms with Crippen LogP contribution in [0.2, 0.25) is 0 Å². The summed E-state index contributed by atoms with van der Waals surface area (Å²) >= 11 is 0. The molecule has 200 valence electrons. The van der Waals surface area contributed by atoms with E-state index in [-0.39, 0.29) is 23.7 Å². The number of hydrogen-bond acceptors (Lipinski definition) is 8. The highest BCUT2D eigenvalue weighted by atomic mass is 16.6. The summed E-state index contributed by atoms with van der Waals surface area (Å²) in [4.78, 5) is 24.4. The monoisotopic (exact) mass is 527 g/mol. The fourth-order valence-corrected chi connectivity index (χ4v) is 3.51. The second-order valence-corrected chi connectivity index (χ2v) is 8.18. The van der Waals surface area contributed by atoms with Crippen LogP contribution < -0.4 is 18.9 Å². The Bertz CT molecular complexity index is 1430. The van der Waals surface area contributed by atoms with Gasteiger partial charge in [-0.05, 0) is 72.5 Å². The van der Waals surface area contributed by atoms with Gasteiger partial charge in [0.2, 0.25) is 0 Å². The Kier molecular flexibility index (Phi) is 10.3. The van der Waals surface area contributed by atoms with Crippen LogP contribution in [-0.4, -0.2) is 32.8 Å². The summed E-state index contributed by atoms with van der Waals surface area (Å²) in [6.45, 7) is 4.24. The molecule has 0 N–H and O–H groups in total. The van der Waals surface area contributed by atoms with Gasteiger partial charge in [-0.2, -0.15) is 5.26 Å².